The van der Waals surface area contributed by atoms with E-state index in [1.807, 2.05) is 12.3 Å². The molecule has 1 aliphatic heterocycles. The van der Waals surface area contributed by atoms with E-state index in [4.69, 9.17) is 4.74 Å². The Morgan fingerprint density at radius 1 is 1.09 bits per heavy atom. The van der Waals surface area contributed by atoms with Gasteiger partial charge < -0.3 is 15.0 Å². The Labute approximate surface area is 131 Å². The highest BCUT2D eigenvalue weighted by Crippen LogP contribution is 2.12. The van der Waals surface area contributed by atoms with Crippen molar-refractivity contribution in [1.82, 2.24) is 9.97 Å². The van der Waals surface area contributed by atoms with E-state index < -0.39 is 0 Å². The molecule has 1 aromatic heterocycles. The molecular formula is C17H22N4O. The van der Waals surface area contributed by atoms with Crippen LogP contribution in [-0.4, -0.2) is 42.8 Å². The third-order valence-electron chi connectivity index (χ3n) is 3.73. The van der Waals surface area contributed by atoms with Gasteiger partial charge >= 0.3 is 0 Å². The van der Waals surface area contributed by atoms with Crippen LogP contribution < -0.4 is 10.2 Å². The summed E-state index contributed by atoms with van der Waals surface area (Å²) in [5, 5.41) is 3.39. The molecule has 0 atom stereocenters. The summed E-state index contributed by atoms with van der Waals surface area (Å²) in [7, 11) is 0. The Kier molecular flexibility index (Phi) is 5.21. The highest BCUT2D eigenvalue weighted by Gasteiger charge is 2.13. The number of nitrogens with zero attached hydrogens (tertiary/aromatic N) is 3. The zero-order chi connectivity index (χ0) is 15.0. The lowest BCUT2D eigenvalue weighted by molar-refractivity contribution is 0.122. The maximum absolute atomic E-state index is 5.36. The fourth-order valence-corrected chi connectivity index (χ4v) is 2.52. The largest absolute Gasteiger partial charge is 0.378 e. The summed E-state index contributed by atoms with van der Waals surface area (Å²) in [6.07, 6.45) is 3.98. The summed E-state index contributed by atoms with van der Waals surface area (Å²) >= 11 is 0. The van der Waals surface area contributed by atoms with Crippen LogP contribution in [0, 0.1) is 0 Å². The molecule has 1 aliphatic rings. The van der Waals surface area contributed by atoms with Gasteiger partial charge in [0.2, 0.25) is 5.95 Å². The summed E-state index contributed by atoms with van der Waals surface area (Å²) < 4.78 is 5.36. The van der Waals surface area contributed by atoms with Crippen molar-refractivity contribution in [2.45, 2.75) is 12.8 Å². The van der Waals surface area contributed by atoms with Crippen LogP contribution in [0.4, 0.5) is 11.8 Å². The number of rotatable bonds is 6. The van der Waals surface area contributed by atoms with Crippen LogP contribution in [0.25, 0.3) is 0 Å². The zero-order valence-electron chi connectivity index (χ0n) is 12.7. The first kappa shape index (κ1) is 14.8. The van der Waals surface area contributed by atoms with Crippen LogP contribution in [0.15, 0.2) is 42.6 Å². The molecule has 1 saturated heterocycles. The number of nitrogens with one attached hydrogen (secondary N) is 1. The van der Waals surface area contributed by atoms with Gasteiger partial charge in [0.05, 0.1) is 13.2 Å². The molecular weight excluding hydrogens is 276 g/mol. The quantitative estimate of drug-likeness (QED) is 0.830. The minimum atomic E-state index is 0.748. The maximum Gasteiger partial charge on any atom is 0.227 e. The summed E-state index contributed by atoms with van der Waals surface area (Å²) in [6.45, 7) is 4.12. The van der Waals surface area contributed by atoms with Crippen LogP contribution in [0.2, 0.25) is 0 Å². The molecule has 1 aromatic carbocycles. The number of morpholine rings is 1. The van der Waals surface area contributed by atoms with Gasteiger partial charge in [-0.1, -0.05) is 30.3 Å². The lowest BCUT2D eigenvalue weighted by Crippen LogP contribution is -2.37. The standard InChI is InChI=1S/C17H22N4O/c1-2-5-15(6-3-1)7-4-9-18-16-8-10-19-17(20-16)21-11-13-22-14-12-21/h1-3,5-6,8,10H,4,7,9,11-14H2,(H,18,19,20). The van der Waals surface area contributed by atoms with Crippen molar-refractivity contribution in [2.75, 3.05) is 43.1 Å². The summed E-state index contributed by atoms with van der Waals surface area (Å²) in [4.78, 5) is 11.1. The summed E-state index contributed by atoms with van der Waals surface area (Å²) in [6, 6.07) is 12.5. The monoisotopic (exact) mass is 298 g/mol. The van der Waals surface area contributed by atoms with E-state index in [1.54, 1.807) is 0 Å². The molecule has 2 heterocycles. The minimum absolute atomic E-state index is 0.748. The number of hydrogen-bond acceptors (Lipinski definition) is 5. The van der Waals surface area contributed by atoms with Crippen molar-refractivity contribution < 1.29 is 4.74 Å². The number of ether oxygens (including phenoxy) is 1. The number of anilines is 2. The number of aryl methyl sites for hydroxylation is 1. The molecule has 22 heavy (non-hydrogen) atoms. The van der Waals surface area contributed by atoms with Gasteiger partial charge in [-0.05, 0) is 24.5 Å². The summed E-state index contributed by atoms with van der Waals surface area (Å²) in [5.74, 6) is 1.68. The number of hydrogen-bond donors (Lipinski definition) is 1. The van der Waals surface area contributed by atoms with Gasteiger partial charge in [0.15, 0.2) is 0 Å². The van der Waals surface area contributed by atoms with E-state index in [9.17, 15) is 0 Å². The molecule has 0 radical (unpaired) electrons. The molecule has 0 amide bonds. The molecule has 5 nitrogen and oxygen atoms in total. The molecule has 0 aliphatic carbocycles. The molecule has 0 saturated carbocycles. The minimum Gasteiger partial charge on any atom is -0.378 e. The topological polar surface area (TPSA) is 50.3 Å². The van der Waals surface area contributed by atoms with E-state index >= 15 is 0 Å². The van der Waals surface area contributed by atoms with Gasteiger partial charge in [-0.3, -0.25) is 0 Å². The van der Waals surface area contributed by atoms with Crippen molar-refractivity contribution in [3.8, 4) is 0 Å². The van der Waals surface area contributed by atoms with Gasteiger partial charge in [0.25, 0.3) is 0 Å². The van der Waals surface area contributed by atoms with Crippen LogP contribution in [0.5, 0.6) is 0 Å². The smallest absolute Gasteiger partial charge is 0.227 e. The molecule has 5 heteroatoms. The molecule has 1 fully saturated rings. The Hall–Kier alpha value is -2.14. The third-order valence-corrected chi connectivity index (χ3v) is 3.73. The molecule has 116 valence electrons. The summed E-state index contributed by atoms with van der Waals surface area (Å²) in [5.41, 5.74) is 1.38. The van der Waals surface area contributed by atoms with Crippen molar-refractivity contribution in [2.24, 2.45) is 0 Å². The second-order valence-electron chi connectivity index (χ2n) is 5.36. The van der Waals surface area contributed by atoms with Gasteiger partial charge in [0.1, 0.15) is 5.82 Å². The van der Waals surface area contributed by atoms with E-state index in [1.165, 1.54) is 5.56 Å². The van der Waals surface area contributed by atoms with Crippen molar-refractivity contribution >= 4 is 11.8 Å². The Bertz CT molecular complexity index is 570. The molecule has 2 aromatic rings. The van der Waals surface area contributed by atoms with Crippen LogP contribution in [-0.2, 0) is 11.2 Å². The second-order valence-corrected chi connectivity index (χ2v) is 5.36. The van der Waals surface area contributed by atoms with E-state index in [-0.39, 0.29) is 0 Å². The average molecular weight is 298 g/mol. The first-order valence-electron chi connectivity index (χ1n) is 7.85. The van der Waals surface area contributed by atoms with Crippen LogP contribution in [0.1, 0.15) is 12.0 Å². The average Bonchev–Trinajstić information content (AvgIpc) is 2.61. The lowest BCUT2D eigenvalue weighted by Gasteiger charge is -2.26. The fraction of sp³-hybridized carbons (Fsp3) is 0.412. The molecule has 0 bridgehead atoms. The Morgan fingerprint density at radius 2 is 1.91 bits per heavy atom. The maximum atomic E-state index is 5.36. The van der Waals surface area contributed by atoms with E-state index in [2.05, 4.69) is 50.5 Å². The zero-order valence-corrected chi connectivity index (χ0v) is 12.7. The predicted octanol–water partition coefficient (Wildman–Crippen LogP) is 2.36. The normalized spacial score (nSPS) is 14.8. The van der Waals surface area contributed by atoms with Crippen molar-refractivity contribution in [3.63, 3.8) is 0 Å². The van der Waals surface area contributed by atoms with E-state index in [0.29, 0.717) is 0 Å². The van der Waals surface area contributed by atoms with E-state index in [0.717, 1.165) is 57.5 Å². The highest BCUT2D eigenvalue weighted by atomic mass is 16.5. The fourth-order valence-electron chi connectivity index (χ4n) is 2.52. The number of aromatic nitrogens is 2. The predicted molar refractivity (Wildman–Crippen MR) is 88.3 cm³/mol. The Morgan fingerprint density at radius 3 is 2.73 bits per heavy atom. The molecule has 1 N–H and O–H groups in total. The van der Waals surface area contributed by atoms with Gasteiger partial charge in [-0.15, -0.1) is 0 Å². The first-order chi connectivity index (χ1) is 10.9. The second kappa shape index (κ2) is 7.75. The van der Waals surface area contributed by atoms with Crippen LogP contribution in [0.3, 0.4) is 0 Å². The SMILES string of the molecule is c1ccc(CCCNc2ccnc(N3CCOCC3)n2)cc1. The number of benzene rings is 1. The van der Waals surface area contributed by atoms with Gasteiger partial charge in [0, 0.05) is 25.8 Å². The highest BCUT2D eigenvalue weighted by molar-refractivity contribution is 5.41. The van der Waals surface area contributed by atoms with Crippen molar-refractivity contribution in [3.05, 3.63) is 48.2 Å². The molecule has 0 unspecified atom stereocenters. The van der Waals surface area contributed by atoms with Gasteiger partial charge in [-0.25, -0.2) is 4.98 Å². The molecule has 0 spiro atoms. The first-order valence-corrected chi connectivity index (χ1v) is 7.85. The lowest BCUT2D eigenvalue weighted by atomic mass is 10.1. The third kappa shape index (κ3) is 4.18. The van der Waals surface area contributed by atoms with Crippen molar-refractivity contribution in [1.29, 1.82) is 0 Å². The Balaban J connectivity index is 1.48. The molecule has 3 rings (SSSR count). The van der Waals surface area contributed by atoms with Gasteiger partial charge in [-0.2, -0.15) is 4.98 Å². The van der Waals surface area contributed by atoms with Crippen LogP contribution >= 0.6 is 0 Å².